The molecule has 3 rings (SSSR count). The van der Waals surface area contributed by atoms with Crippen molar-refractivity contribution in [2.75, 3.05) is 13.1 Å². The first-order chi connectivity index (χ1) is 9.42. The van der Waals surface area contributed by atoms with Crippen molar-refractivity contribution in [2.24, 2.45) is 5.92 Å². The lowest BCUT2D eigenvalue weighted by Crippen LogP contribution is -2.30. The van der Waals surface area contributed by atoms with Crippen LogP contribution in [0.3, 0.4) is 0 Å². The van der Waals surface area contributed by atoms with Gasteiger partial charge in [0.1, 0.15) is 0 Å². The van der Waals surface area contributed by atoms with Crippen LogP contribution in [0.5, 0.6) is 0 Å². The van der Waals surface area contributed by atoms with Crippen LogP contribution in [0.15, 0.2) is 42.0 Å². The molecule has 102 valence electrons. The van der Waals surface area contributed by atoms with E-state index in [1.807, 2.05) is 0 Å². The molecule has 0 unspecified atom stereocenters. The van der Waals surface area contributed by atoms with Gasteiger partial charge in [-0.25, -0.2) is 0 Å². The summed E-state index contributed by atoms with van der Waals surface area (Å²) in [5, 5.41) is 0. The maximum Gasteiger partial charge on any atom is 0.0237 e. The van der Waals surface area contributed by atoms with Gasteiger partial charge in [-0.3, -0.25) is 4.90 Å². The number of nitrogens with zero attached hydrogens (tertiary/aromatic N) is 1. The van der Waals surface area contributed by atoms with Gasteiger partial charge in [-0.05, 0) is 30.7 Å². The molecule has 0 aromatic heterocycles. The van der Waals surface area contributed by atoms with E-state index in [9.17, 15) is 0 Å². The lowest BCUT2D eigenvalue weighted by Gasteiger charge is -2.31. The zero-order valence-electron chi connectivity index (χ0n) is 11.9. The van der Waals surface area contributed by atoms with Crippen LogP contribution in [0.4, 0.5) is 0 Å². The van der Waals surface area contributed by atoms with Crippen LogP contribution in [-0.2, 0) is 6.54 Å². The maximum atomic E-state index is 2.57. The third kappa shape index (κ3) is 3.48. The molecule has 0 atom stereocenters. The summed E-state index contributed by atoms with van der Waals surface area (Å²) in [5.74, 6) is 0.924. The highest BCUT2D eigenvalue weighted by molar-refractivity contribution is 5.16. The van der Waals surface area contributed by atoms with Gasteiger partial charge in [0, 0.05) is 19.6 Å². The molecule has 1 heterocycles. The minimum absolute atomic E-state index is 0.924. The fraction of sp³-hybridized carbons (Fsp3) is 0.556. The summed E-state index contributed by atoms with van der Waals surface area (Å²) in [5.41, 5.74) is 3.21. The lowest BCUT2D eigenvalue weighted by molar-refractivity contribution is 0.271. The fourth-order valence-electron chi connectivity index (χ4n) is 3.56. The highest BCUT2D eigenvalue weighted by Crippen LogP contribution is 2.32. The van der Waals surface area contributed by atoms with Crippen LogP contribution in [0.1, 0.15) is 44.1 Å². The highest BCUT2D eigenvalue weighted by Gasteiger charge is 2.20. The van der Waals surface area contributed by atoms with E-state index in [2.05, 4.69) is 41.3 Å². The maximum absolute atomic E-state index is 2.57. The second kappa shape index (κ2) is 6.38. The summed E-state index contributed by atoms with van der Waals surface area (Å²) in [4.78, 5) is 2.57. The lowest BCUT2D eigenvalue weighted by atomic mass is 9.81. The molecule has 0 saturated heterocycles. The van der Waals surface area contributed by atoms with E-state index in [1.54, 1.807) is 5.57 Å². The Bertz CT molecular complexity index is 415. The van der Waals surface area contributed by atoms with Gasteiger partial charge in [0.25, 0.3) is 0 Å². The summed E-state index contributed by atoms with van der Waals surface area (Å²) < 4.78 is 0. The zero-order chi connectivity index (χ0) is 12.9. The van der Waals surface area contributed by atoms with Crippen molar-refractivity contribution in [3.63, 3.8) is 0 Å². The normalized spacial score (nSPS) is 22.2. The van der Waals surface area contributed by atoms with Gasteiger partial charge < -0.3 is 0 Å². The van der Waals surface area contributed by atoms with Gasteiger partial charge in [-0.1, -0.05) is 61.2 Å². The van der Waals surface area contributed by atoms with Crippen LogP contribution >= 0.6 is 0 Å². The third-order valence-corrected chi connectivity index (χ3v) is 4.71. The molecule has 0 radical (unpaired) electrons. The Hall–Kier alpha value is -1.08. The van der Waals surface area contributed by atoms with E-state index in [-0.39, 0.29) is 0 Å². The van der Waals surface area contributed by atoms with Gasteiger partial charge in [0.05, 0.1) is 0 Å². The van der Waals surface area contributed by atoms with Crippen molar-refractivity contribution in [3.05, 3.63) is 47.5 Å². The number of hydrogen-bond donors (Lipinski definition) is 0. The Morgan fingerprint density at radius 3 is 2.47 bits per heavy atom. The van der Waals surface area contributed by atoms with Gasteiger partial charge >= 0.3 is 0 Å². The minimum atomic E-state index is 0.924. The van der Waals surface area contributed by atoms with Crippen LogP contribution in [0.2, 0.25) is 0 Å². The van der Waals surface area contributed by atoms with E-state index in [0.29, 0.717) is 0 Å². The van der Waals surface area contributed by atoms with Gasteiger partial charge in [-0.2, -0.15) is 0 Å². The third-order valence-electron chi connectivity index (χ3n) is 4.71. The van der Waals surface area contributed by atoms with Crippen molar-refractivity contribution in [1.82, 2.24) is 4.90 Å². The first-order valence-electron chi connectivity index (χ1n) is 7.87. The van der Waals surface area contributed by atoms with Gasteiger partial charge in [-0.15, -0.1) is 0 Å². The molecule has 1 aliphatic heterocycles. The predicted octanol–water partition coefficient (Wildman–Crippen LogP) is 4.40. The van der Waals surface area contributed by atoms with E-state index in [0.717, 1.165) is 19.0 Å². The van der Waals surface area contributed by atoms with Crippen molar-refractivity contribution in [2.45, 2.75) is 45.1 Å². The Morgan fingerprint density at radius 2 is 1.79 bits per heavy atom. The summed E-state index contributed by atoms with van der Waals surface area (Å²) in [7, 11) is 0. The van der Waals surface area contributed by atoms with E-state index in [4.69, 9.17) is 0 Å². The van der Waals surface area contributed by atoms with Crippen LogP contribution in [0, 0.1) is 5.92 Å². The molecule has 0 N–H and O–H groups in total. The first-order valence-corrected chi connectivity index (χ1v) is 7.87. The smallest absolute Gasteiger partial charge is 0.0237 e. The quantitative estimate of drug-likeness (QED) is 0.724. The molecule has 1 aromatic carbocycles. The molecular weight excluding hydrogens is 230 g/mol. The molecule has 0 bridgehead atoms. The van der Waals surface area contributed by atoms with E-state index < -0.39 is 0 Å². The zero-order valence-corrected chi connectivity index (χ0v) is 11.9. The monoisotopic (exact) mass is 255 g/mol. The van der Waals surface area contributed by atoms with E-state index in [1.165, 1.54) is 50.6 Å². The molecule has 0 spiro atoms. The number of benzene rings is 1. The van der Waals surface area contributed by atoms with Crippen LogP contribution < -0.4 is 0 Å². The SMILES string of the molecule is C1=C(C2CCCCC2)CCN(Cc2ccccc2)C1. The molecule has 1 nitrogen and oxygen atoms in total. The van der Waals surface area contributed by atoms with Crippen LogP contribution in [0.25, 0.3) is 0 Å². The van der Waals surface area contributed by atoms with Crippen molar-refractivity contribution in [1.29, 1.82) is 0 Å². The largest absolute Gasteiger partial charge is 0.295 e. The average Bonchev–Trinajstić information content (AvgIpc) is 2.50. The molecule has 1 aromatic rings. The molecule has 1 saturated carbocycles. The topological polar surface area (TPSA) is 3.24 Å². The summed E-state index contributed by atoms with van der Waals surface area (Å²) in [6, 6.07) is 10.9. The second-order valence-corrected chi connectivity index (χ2v) is 6.08. The van der Waals surface area contributed by atoms with Gasteiger partial charge in [0.2, 0.25) is 0 Å². The fourth-order valence-corrected chi connectivity index (χ4v) is 3.56. The van der Waals surface area contributed by atoms with Crippen molar-refractivity contribution < 1.29 is 0 Å². The standard InChI is InChI=1S/C18H25N/c1-3-7-16(8-4-1)15-19-13-11-18(12-14-19)17-9-5-2-6-10-17/h1,3-4,7-8,11,17H,2,5-6,9-10,12-15H2. The first kappa shape index (κ1) is 12.9. The molecule has 2 aliphatic rings. The molecule has 0 amide bonds. The van der Waals surface area contributed by atoms with Crippen LogP contribution in [-0.4, -0.2) is 18.0 Å². The summed E-state index contributed by atoms with van der Waals surface area (Å²) >= 11 is 0. The Balaban J connectivity index is 1.54. The van der Waals surface area contributed by atoms with Gasteiger partial charge in [0.15, 0.2) is 0 Å². The highest BCUT2D eigenvalue weighted by atomic mass is 15.1. The second-order valence-electron chi connectivity index (χ2n) is 6.08. The Morgan fingerprint density at radius 1 is 1.00 bits per heavy atom. The molecule has 1 heteroatoms. The Kier molecular flexibility index (Phi) is 4.34. The molecule has 1 aliphatic carbocycles. The number of hydrogen-bond acceptors (Lipinski definition) is 1. The molecular formula is C18H25N. The molecule has 1 fully saturated rings. The number of rotatable bonds is 3. The predicted molar refractivity (Wildman–Crippen MR) is 81.0 cm³/mol. The Labute approximate surface area is 117 Å². The van der Waals surface area contributed by atoms with Crippen molar-refractivity contribution in [3.8, 4) is 0 Å². The van der Waals surface area contributed by atoms with Crippen molar-refractivity contribution >= 4 is 0 Å². The van der Waals surface area contributed by atoms with E-state index >= 15 is 0 Å². The average molecular weight is 255 g/mol. The molecule has 19 heavy (non-hydrogen) atoms. The summed E-state index contributed by atoms with van der Waals surface area (Å²) in [6.07, 6.45) is 11.1. The minimum Gasteiger partial charge on any atom is -0.295 e. The summed E-state index contributed by atoms with van der Waals surface area (Å²) in [6.45, 7) is 3.51.